The highest BCUT2D eigenvalue weighted by Gasteiger charge is 2.14. The minimum atomic E-state index is -0.535. The zero-order valence-electron chi connectivity index (χ0n) is 9.21. The molecule has 3 aromatic rings. The van der Waals surface area contributed by atoms with Crippen LogP contribution in [0.15, 0.2) is 60.0 Å². The molecule has 0 saturated carbocycles. The van der Waals surface area contributed by atoms with E-state index in [1.54, 1.807) is 11.3 Å². The van der Waals surface area contributed by atoms with Gasteiger partial charge in [-0.25, -0.2) is 0 Å². The van der Waals surface area contributed by atoms with Gasteiger partial charge in [0.05, 0.1) is 0 Å². The van der Waals surface area contributed by atoms with Gasteiger partial charge in [-0.1, -0.05) is 48.5 Å². The molecule has 1 unspecified atom stereocenters. The van der Waals surface area contributed by atoms with Crippen LogP contribution in [0, 0.1) is 0 Å². The van der Waals surface area contributed by atoms with Crippen molar-refractivity contribution >= 4 is 21.4 Å². The molecule has 2 heteroatoms. The predicted molar refractivity (Wildman–Crippen MR) is 72.3 cm³/mol. The Morgan fingerprint density at radius 3 is 2.41 bits per heavy atom. The lowest BCUT2D eigenvalue weighted by atomic mass is 10.0. The van der Waals surface area contributed by atoms with Crippen LogP contribution in [0.5, 0.6) is 0 Å². The molecule has 3 rings (SSSR count). The summed E-state index contributed by atoms with van der Waals surface area (Å²) in [7, 11) is 0. The largest absolute Gasteiger partial charge is 0.384 e. The van der Waals surface area contributed by atoms with E-state index in [1.807, 2.05) is 47.8 Å². The third-order valence-electron chi connectivity index (χ3n) is 2.92. The van der Waals surface area contributed by atoms with Crippen LogP contribution < -0.4 is 0 Å². The maximum absolute atomic E-state index is 10.4. The summed E-state index contributed by atoms with van der Waals surface area (Å²) in [5.74, 6) is 0. The number of fused-ring (bicyclic) bond motifs is 1. The molecular weight excluding hydrogens is 228 g/mol. The van der Waals surface area contributed by atoms with E-state index in [0.717, 1.165) is 16.5 Å². The molecule has 0 aliphatic carbocycles. The van der Waals surface area contributed by atoms with Crippen LogP contribution >= 0.6 is 11.3 Å². The molecule has 17 heavy (non-hydrogen) atoms. The van der Waals surface area contributed by atoms with E-state index in [0.29, 0.717) is 0 Å². The molecule has 2 aromatic carbocycles. The van der Waals surface area contributed by atoms with Crippen molar-refractivity contribution in [2.75, 3.05) is 0 Å². The van der Waals surface area contributed by atoms with Crippen molar-refractivity contribution in [1.29, 1.82) is 0 Å². The Balaban J connectivity index is 2.10. The first-order valence-corrected chi connectivity index (χ1v) is 6.43. The third kappa shape index (κ3) is 1.86. The van der Waals surface area contributed by atoms with Gasteiger partial charge in [0.1, 0.15) is 6.10 Å². The first kappa shape index (κ1) is 10.5. The molecule has 0 radical (unpaired) electrons. The maximum Gasteiger partial charge on any atom is 0.105 e. The van der Waals surface area contributed by atoms with Crippen molar-refractivity contribution in [3.63, 3.8) is 0 Å². The van der Waals surface area contributed by atoms with Crippen molar-refractivity contribution in [3.8, 4) is 0 Å². The second-order valence-electron chi connectivity index (χ2n) is 4.00. The van der Waals surface area contributed by atoms with E-state index in [9.17, 15) is 5.11 Å². The smallest absolute Gasteiger partial charge is 0.105 e. The number of hydrogen-bond acceptors (Lipinski definition) is 2. The van der Waals surface area contributed by atoms with Gasteiger partial charge < -0.3 is 5.11 Å². The summed E-state index contributed by atoms with van der Waals surface area (Å²) in [6.07, 6.45) is -0.535. The van der Waals surface area contributed by atoms with E-state index in [4.69, 9.17) is 0 Å². The fourth-order valence-electron chi connectivity index (χ4n) is 2.02. The van der Waals surface area contributed by atoms with Crippen LogP contribution in [0.4, 0.5) is 0 Å². The Morgan fingerprint density at radius 2 is 1.59 bits per heavy atom. The van der Waals surface area contributed by atoms with Gasteiger partial charge in [-0.2, -0.15) is 0 Å². The van der Waals surface area contributed by atoms with Crippen molar-refractivity contribution < 1.29 is 5.11 Å². The standard InChI is InChI=1S/C15H12OS/c16-15(11-6-2-1-3-7-11)13-10-17-14-9-5-4-8-12(13)14/h1-10,15-16H. The molecule has 0 spiro atoms. The molecule has 1 atom stereocenters. The average molecular weight is 240 g/mol. The quantitative estimate of drug-likeness (QED) is 0.718. The highest BCUT2D eigenvalue weighted by molar-refractivity contribution is 7.17. The van der Waals surface area contributed by atoms with E-state index in [-0.39, 0.29) is 0 Å². The Kier molecular flexibility index (Phi) is 2.67. The summed E-state index contributed by atoms with van der Waals surface area (Å²) in [5, 5.41) is 13.6. The highest BCUT2D eigenvalue weighted by Crippen LogP contribution is 2.33. The van der Waals surface area contributed by atoms with Crippen molar-refractivity contribution in [1.82, 2.24) is 0 Å². The number of rotatable bonds is 2. The normalized spacial score (nSPS) is 12.8. The summed E-state index contributed by atoms with van der Waals surface area (Å²) in [6, 6.07) is 18.0. The number of thiophene rings is 1. The molecule has 1 aromatic heterocycles. The van der Waals surface area contributed by atoms with Gasteiger partial charge in [0.15, 0.2) is 0 Å². The zero-order chi connectivity index (χ0) is 11.7. The second kappa shape index (κ2) is 4.32. The van der Waals surface area contributed by atoms with E-state index >= 15 is 0 Å². The summed E-state index contributed by atoms with van der Waals surface area (Å²) < 4.78 is 1.22. The third-order valence-corrected chi connectivity index (χ3v) is 3.90. The van der Waals surface area contributed by atoms with Gasteiger partial charge in [-0.15, -0.1) is 11.3 Å². The Morgan fingerprint density at radius 1 is 0.882 bits per heavy atom. The summed E-state index contributed by atoms with van der Waals surface area (Å²) in [5.41, 5.74) is 1.94. The molecule has 1 heterocycles. The molecule has 0 aliphatic heterocycles. The molecule has 0 amide bonds. The minimum absolute atomic E-state index is 0.535. The number of aliphatic hydroxyl groups excluding tert-OH is 1. The lowest BCUT2D eigenvalue weighted by Crippen LogP contribution is -1.97. The monoisotopic (exact) mass is 240 g/mol. The maximum atomic E-state index is 10.4. The molecule has 1 nitrogen and oxygen atoms in total. The summed E-state index contributed by atoms with van der Waals surface area (Å²) >= 11 is 1.68. The second-order valence-corrected chi connectivity index (χ2v) is 4.91. The van der Waals surface area contributed by atoms with Crippen molar-refractivity contribution in [2.45, 2.75) is 6.10 Å². The molecule has 0 fully saturated rings. The molecule has 0 bridgehead atoms. The molecule has 84 valence electrons. The summed E-state index contributed by atoms with van der Waals surface area (Å²) in [4.78, 5) is 0. The predicted octanol–water partition coefficient (Wildman–Crippen LogP) is 3.98. The van der Waals surface area contributed by atoms with Gasteiger partial charge in [0, 0.05) is 10.3 Å². The number of benzene rings is 2. The molecule has 1 N–H and O–H groups in total. The van der Waals surface area contributed by atoms with Crippen molar-refractivity contribution in [3.05, 3.63) is 71.1 Å². The van der Waals surface area contributed by atoms with Crippen LogP contribution in [0.3, 0.4) is 0 Å². The molecular formula is C15H12OS. The first-order chi connectivity index (χ1) is 8.36. The Labute approximate surface area is 104 Å². The SMILES string of the molecule is OC(c1ccccc1)c1csc2ccccc12. The highest BCUT2D eigenvalue weighted by atomic mass is 32.1. The summed E-state index contributed by atoms with van der Waals surface area (Å²) in [6.45, 7) is 0. The number of aliphatic hydroxyl groups is 1. The van der Waals surface area contributed by atoms with Gasteiger partial charge in [0.2, 0.25) is 0 Å². The lowest BCUT2D eigenvalue weighted by molar-refractivity contribution is 0.222. The Hall–Kier alpha value is -1.64. The van der Waals surface area contributed by atoms with E-state index in [1.165, 1.54) is 4.70 Å². The topological polar surface area (TPSA) is 20.2 Å². The van der Waals surface area contributed by atoms with E-state index < -0.39 is 6.10 Å². The van der Waals surface area contributed by atoms with Crippen LogP contribution in [0.1, 0.15) is 17.2 Å². The Bertz CT molecular complexity index is 627. The molecule has 0 aliphatic rings. The fraction of sp³-hybridized carbons (Fsp3) is 0.0667. The van der Waals surface area contributed by atoms with E-state index in [2.05, 4.69) is 12.1 Å². The van der Waals surface area contributed by atoms with Crippen LogP contribution in [0.2, 0.25) is 0 Å². The van der Waals surface area contributed by atoms with Gasteiger partial charge in [-0.3, -0.25) is 0 Å². The van der Waals surface area contributed by atoms with Gasteiger partial charge in [0.25, 0.3) is 0 Å². The average Bonchev–Trinajstić information content (AvgIpc) is 2.83. The zero-order valence-corrected chi connectivity index (χ0v) is 10.0. The van der Waals surface area contributed by atoms with Crippen LogP contribution in [0.25, 0.3) is 10.1 Å². The van der Waals surface area contributed by atoms with Crippen LogP contribution in [-0.4, -0.2) is 5.11 Å². The lowest BCUT2D eigenvalue weighted by Gasteiger charge is -2.09. The fourth-order valence-corrected chi connectivity index (χ4v) is 3.00. The number of hydrogen-bond donors (Lipinski definition) is 1. The minimum Gasteiger partial charge on any atom is -0.384 e. The van der Waals surface area contributed by atoms with Gasteiger partial charge in [-0.05, 0) is 22.4 Å². The first-order valence-electron chi connectivity index (χ1n) is 5.55. The van der Waals surface area contributed by atoms with Crippen LogP contribution in [-0.2, 0) is 0 Å². The molecule has 0 saturated heterocycles. The van der Waals surface area contributed by atoms with Crippen molar-refractivity contribution in [2.24, 2.45) is 0 Å². The van der Waals surface area contributed by atoms with Gasteiger partial charge >= 0.3 is 0 Å².